The minimum Gasteiger partial charge on any atom is -0.480 e. The van der Waals surface area contributed by atoms with Crippen LogP contribution in [-0.4, -0.2) is 37.4 Å². The standard InChI is InChI=1S/C7H15NO3/c1-3-6(11-2)4-8-5-7(9)10/h6,8H,3-5H2,1-2H3,(H,9,10). The van der Waals surface area contributed by atoms with Gasteiger partial charge in [-0.2, -0.15) is 0 Å². The molecular formula is C7H15NO3. The maximum Gasteiger partial charge on any atom is 0.317 e. The van der Waals surface area contributed by atoms with Gasteiger partial charge in [0.15, 0.2) is 0 Å². The molecular weight excluding hydrogens is 146 g/mol. The predicted molar refractivity (Wildman–Crippen MR) is 41.6 cm³/mol. The van der Waals surface area contributed by atoms with Gasteiger partial charge in [-0.3, -0.25) is 4.79 Å². The van der Waals surface area contributed by atoms with Gasteiger partial charge in [0, 0.05) is 13.7 Å². The van der Waals surface area contributed by atoms with Crippen molar-refractivity contribution in [2.45, 2.75) is 19.4 Å². The first-order chi connectivity index (χ1) is 5.20. The van der Waals surface area contributed by atoms with E-state index in [0.29, 0.717) is 6.54 Å². The fourth-order valence-corrected chi connectivity index (χ4v) is 0.734. The molecule has 0 aliphatic rings. The first-order valence-electron chi connectivity index (χ1n) is 3.66. The maximum atomic E-state index is 10.1. The second-order valence-electron chi connectivity index (χ2n) is 2.29. The van der Waals surface area contributed by atoms with Gasteiger partial charge in [-0.1, -0.05) is 6.92 Å². The third kappa shape index (κ3) is 5.82. The molecule has 0 spiro atoms. The first-order valence-corrected chi connectivity index (χ1v) is 3.66. The van der Waals surface area contributed by atoms with Crippen LogP contribution in [0.5, 0.6) is 0 Å². The molecule has 0 aliphatic heterocycles. The van der Waals surface area contributed by atoms with Gasteiger partial charge in [0.2, 0.25) is 0 Å². The number of methoxy groups -OCH3 is 1. The van der Waals surface area contributed by atoms with E-state index in [9.17, 15) is 4.79 Å². The predicted octanol–water partition coefficient (Wildman–Crippen LogP) is 0.0856. The van der Waals surface area contributed by atoms with Crippen LogP contribution in [-0.2, 0) is 9.53 Å². The monoisotopic (exact) mass is 161 g/mol. The molecule has 0 amide bonds. The number of carboxylic acid groups (broad SMARTS) is 1. The highest BCUT2D eigenvalue weighted by Crippen LogP contribution is 1.92. The van der Waals surface area contributed by atoms with Crippen molar-refractivity contribution in [1.29, 1.82) is 0 Å². The van der Waals surface area contributed by atoms with E-state index in [4.69, 9.17) is 9.84 Å². The van der Waals surface area contributed by atoms with Crippen LogP contribution in [0.3, 0.4) is 0 Å². The Kier molecular flexibility index (Phi) is 5.78. The summed E-state index contributed by atoms with van der Waals surface area (Å²) in [5, 5.41) is 11.0. The van der Waals surface area contributed by atoms with Crippen LogP contribution in [0.15, 0.2) is 0 Å². The summed E-state index contributed by atoms with van der Waals surface area (Å²) in [4.78, 5) is 10.1. The Hall–Kier alpha value is -0.610. The zero-order valence-electron chi connectivity index (χ0n) is 6.96. The SMILES string of the molecule is CCC(CNCC(=O)O)OC. The molecule has 0 bridgehead atoms. The van der Waals surface area contributed by atoms with Crippen LogP contribution in [0.1, 0.15) is 13.3 Å². The molecule has 66 valence electrons. The molecule has 0 radical (unpaired) electrons. The molecule has 0 aromatic rings. The van der Waals surface area contributed by atoms with Crippen molar-refractivity contribution in [3.05, 3.63) is 0 Å². The van der Waals surface area contributed by atoms with Crippen LogP contribution < -0.4 is 5.32 Å². The zero-order valence-corrected chi connectivity index (χ0v) is 6.96. The summed E-state index contributed by atoms with van der Waals surface area (Å²) >= 11 is 0. The van der Waals surface area contributed by atoms with Gasteiger partial charge in [-0.25, -0.2) is 0 Å². The highest BCUT2D eigenvalue weighted by Gasteiger charge is 2.03. The van der Waals surface area contributed by atoms with Gasteiger partial charge in [0.25, 0.3) is 0 Å². The number of ether oxygens (including phenoxy) is 1. The summed E-state index contributed by atoms with van der Waals surface area (Å²) in [5.74, 6) is -0.837. The van der Waals surface area contributed by atoms with Crippen LogP contribution >= 0.6 is 0 Å². The Morgan fingerprint density at radius 2 is 2.36 bits per heavy atom. The Balaban J connectivity index is 3.28. The smallest absolute Gasteiger partial charge is 0.317 e. The molecule has 0 aromatic heterocycles. The van der Waals surface area contributed by atoms with E-state index in [1.807, 2.05) is 6.92 Å². The van der Waals surface area contributed by atoms with Crippen molar-refractivity contribution in [3.8, 4) is 0 Å². The minimum atomic E-state index is -0.837. The van der Waals surface area contributed by atoms with E-state index in [1.165, 1.54) is 0 Å². The van der Waals surface area contributed by atoms with Crippen LogP contribution in [0, 0.1) is 0 Å². The number of nitrogens with one attached hydrogen (secondary N) is 1. The molecule has 11 heavy (non-hydrogen) atoms. The fraction of sp³-hybridized carbons (Fsp3) is 0.857. The summed E-state index contributed by atoms with van der Waals surface area (Å²) < 4.78 is 5.03. The van der Waals surface area contributed by atoms with Crippen molar-refractivity contribution >= 4 is 5.97 Å². The van der Waals surface area contributed by atoms with Gasteiger partial charge in [0.05, 0.1) is 12.6 Å². The maximum absolute atomic E-state index is 10.1. The number of aliphatic carboxylic acids is 1. The molecule has 0 saturated carbocycles. The normalized spacial score (nSPS) is 12.9. The van der Waals surface area contributed by atoms with Crippen molar-refractivity contribution < 1.29 is 14.6 Å². The molecule has 0 heterocycles. The Bertz CT molecular complexity index is 112. The third-order valence-electron chi connectivity index (χ3n) is 1.44. The van der Waals surface area contributed by atoms with Crippen LogP contribution in [0.4, 0.5) is 0 Å². The molecule has 0 aromatic carbocycles. The molecule has 4 nitrogen and oxygen atoms in total. The number of hydrogen-bond donors (Lipinski definition) is 2. The lowest BCUT2D eigenvalue weighted by Gasteiger charge is -2.12. The summed E-state index contributed by atoms with van der Waals surface area (Å²) in [5.41, 5.74) is 0. The topological polar surface area (TPSA) is 58.6 Å². The average Bonchev–Trinajstić information content (AvgIpc) is 1.98. The molecule has 0 aliphatic carbocycles. The second-order valence-corrected chi connectivity index (χ2v) is 2.29. The average molecular weight is 161 g/mol. The molecule has 0 saturated heterocycles. The van der Waals surface area contributed by atoms with E-state index in [-0.39, 0.29) is 12.6 Å². The number of hydrogen-bond acceptors (Lipinski definition) is 3. The van der Waals surface area contributed by atoms with Crippen LogP contribution in [0.2, 0.25) is 0 Å². The fourth-order valence-electron chi connectivity index (χ4n) is 0.734. The number of carboxylic acids is 1. The molecule has 0 fully saturated rings. The highest BCUT2D eigenvalue weighted by atomic mass is 16.5. The molecule has 4 heteroatoms. The van der Waals surface area contributed by atoms with Gasteiger partial charge < -0.3 is 15.2 Å². The second kappa shape index (κ2) is 6.12. The Morgan fingerprint density at radius 1 is 1.73 bits per heavy atom. The van der Waals surface area contributed by atoms with Gasteiger partial charge in [0.1, 0.15) is 0 Å². The van der Waals surface area contributed by atoms with Gasteiger partial charge in [-0.05, 0) is 6.42 Å². The zero-order chi connectivity index (χ0) is 8.69. The quantitative estimate of drug-likeness (QED) is 0.579. The lowest BCUT2D eigenvalue weighted by molar-refractivity contribution is -0.136. The molecule has 0 rings (SSSR count). The van der Waals surface area contributed by atoms with Crippen molar-refractivity contribution in [2.24, 2.45) is 0 Å². The summed E-state index contributed by atoms with van der Waals surface area (Å²) in [7, 11) is 1.62. The molecule has 2 N–H and O–H groups in total. The number of carbonyl (C=O) groups is 1. The number of rotatable bonds is 6. The minimum absolute atomic E-state index is 0.000139. The summed E-state index contributed by atoms with van der Waals surface area (Å²) in [6, 6.07) is 0. The van der Waals surface area contributed by atoms with E-state index in [2.05, 4.69) is 5.32 Å². The molecule has 1 atom stereocenters. The summed E-state index contributed by atoms with van der Waals surface area (Å²) in [6.07, 6.45) is 1.01. The van der Waals surface area contributed by atoms with Gasteiger partial charge in [-0.15, -0.1) is 0 Å². The first kappa shape index (κ1) is 10.4. The lowest BCUT2D eigenvalue weighted by atomic mass is 10.3. The van der Waals surface area contributed by atoms with E-state index >= 15 is 0 Å². The largest absolute Gasteiger partial charge is 0.480 e. The van der Waals surface area contributed by atoms with E-state index in [0.717, 1.165) is 6.42 Å². The Labute approximate surface area is 66.5 Å². The van der Waals surface area contributed by atoms with E-state index < -0.39 is 5.97 Å². The van der Waals surface area contributed by atoms with Crippen molar-refractivity contribution in [1.82, 2.24) is 5.32 Å². The Morgan fingerprint density at radius 3 is 2.73 bits per heavy atom. The van der Waals surface area contributed by atoms with E-state index in [1.54, 1.807) is 7.11 Å². The molecule has 1 unspecified atom stereocenters. The summed E-state index contributed by atoms with van der Waals surface area (Å²) in [6.45, 7) is 2.59. The lowest BCUT2D eigenvalue weighted by Crippen LogP contribution is -2.31. The third-order valence-corrected chi connectivity index (χ3v) is 1.44. The van der Waals surface area contributed by atoms with Crippen molar-refractivity contribution in [3.63, 3.8) is 0 Å². The highest BCUT2D eigenvalue weighted by molar-refractivity contribution is 5.68. The van der Waals surface area contributed by atoms with Gasteiger partial charge >= 0.3 is 5.97 Å². The van der Waals surface area contributed by atoms with Crippen LogP contribution in [0.25, 0.3) is 0 Å². The van der Waals surface area contributed by atoms with Crippen molar-refractivity contribution in [2.75, 3.05) is 20.2 Å².